The van der Waals surface area contributed by atoms with Crippen LogP contribution in [0.3, 0.4) is 0 Å². The zero-order valence-electron chi connectivity index (χ0n) is 13.9. The summed E-state index contributed by atoms with van der Waals surface area (Å²) in [7, 11) is 0. The molecule has 3 rings (SSSR count). The molecule has 23 heavy (non-hydrogen) atoms. The first-order valence-corrected chi connectivity index (χ1v) is 7.67. The summed E-state index contributed by atoms with van der Waals surface area (Å²) in [5, 5.41) is 3.05. The van der Waals surface area contributed by atoms with Gasteiger partial charge in [-0.1, -0.05) is 18.2 Å². The van der Waals surface area contributed by atoms with Crippen LogP contribution in [0, 0.1) is 13.8 Å². The molecule has 0 atom stereocenters. The third-order valence-corrected chi connectivity index (χ3v) is 4.30. The monoisotopic (exact) mass is 311 g/mol. The Labute approximate surface area is 136 Å². The Hall–Kier alpha value is -2.49. The van der Waals surface area contributed by atoms with E-state index in [4.69, 9.17) is 9.47 Å². The number of fused-ring (bicyclic) bond motifs is 1. The standard InChI is InChI=1S/C19H21NO3/c1-12-5-6-13(2)15(9-12)20-18(21)19(3,4)14-7-8-16-17(10-14)23-11-22-16/h5-10H,11H2,1-4H3,(H,20,21). The summed E-state index contributed by atoms with van der Waals surface area (Å²) in [5.41, 5.74) is 3.22. The van der Waals surface area contributed by atoms with Gasteiger partial charge in [-0.05, 0) is 62.6 Å². The van der Waals surface area contributed by atoms with Gasteiger partial charge in [0.05, 0.1) is 5.41 Å². The van der Waals surface area contributed by atoms with Gasteiger partial charge in [-0.15, -0.1) is 0 Å². The van der Waals surface area contributed by atoms with Gasteiger partial charge in [0, 0.05) is 5.69 Å². The Morgan fingerprint density at radius 3 is 2.57 bits per heavy atom. The van der Waals surface area contributed by atoms with E-state index in [0.29, 0.717) is 5.75 Å². The van der Waals surface area contributed by atoms with Crippen LogP contribution in [0.15, 0.2) is 36.4 Å². The van der Waals surface area contributed by atoms with E-state index in [1.807, 2.05) is 64.1 Å². The van der Waals surface area contributed by atoms with Gasteiger partial charge >= 0.3 is 0 Å². The summed E-state index contributed by atoms with van der Waals surface area (Å²) in [5.74, 6) is 1.36. The maximum Gasteiger partial charge on any atom is 0.234 e. The van der Waals surface area contributed by atoms with Gasteiger partial charge in [0.25, 0.3) is 0 Å². The molecule has 2 aromatic carbocycles. The lowest BCUT2D eigenvalue weighted by Gasteiger charge is -2.25. The van der Waals surface area contributed by atoms with E-state index in [0.717, 1.165) is 28.1 Å². The average Bonchev–Trinajstić information content (AvgIpc) is 2.98. The van der Waals surface area contributed by atoms with E-state index in [-0.39, 0.29) is 12.7 Å². The molecule has 0 fully saturated rings. The number of anilines is 1. The van der Waals surface area contributed by atoms with Crippen LogP contribution in [0.2, 0.25) is 0 Å². The van der Waals surface area contributed by atoms with Crippen LogP contribution in [0.5, 0.6) is 11.5 Å². The fraction of sp³-hybridized carbons (Fsp3) is 0.316. The largest absolute Gasteiger partial charge is 0.454 e. The van der Waals surface area contributed by atoms with Crippen LogP contribution in [-0.4, -0.2) is 12.7 Å². The minimum atomic E-state index is -0.683. The Kier molecular flexibility index (Phi) is 3.76. The summed E-state index contributed by atoms with van der Waals surface area (Å²) >= 11 is 0. The summed E-state index contributed by atoms with van der Waals surface area (Å²) in [6, 6.07) is 11.7. The van der Waals surface area contributed by atoms with Crippen LogP contribution in [0.4, 0.5) is 5.69 Å². The molecule has 4 heteroatoms. The van der Waals surface area contributed by atoms with Gasteiger partial charge in [-0.25, -0.2) is 0 Å². The molecule has 0 saturated heterocycles. The number of nitrogens with one attached hydrogen (secondary N) is 1. The molecule has 120 valence electrons. The second-order valence-electron chi connectivity index (χ2n) is 6.47. The molecule has 1 amide bonds. The van der Waals surface area contributed by atoms with Crippen molar-refractivity contribution in [2.24, 2.45) is 0 Å². The second-order valence-corrected chi connectivity index (χ2v) is 6.47. The predicted molar refractivity (Wildman–Crippen MR) is 90.1 cm³/mol. The van der Waals surface area contributed by atoms with Crippen LogP contribution >= 0.6 is 0 Å². The molecule has 1 heterocycles. The zero-order chi connectivity index (χ0) is 16.6. The normalized spacial score (nSPS) is 13.0. The number of hydrogen-bond acceptors (Lipinski definition) is 3. The highest BCUT2D eigenvalue weighted by Gasteiger charge is 2.31. The van der Waals surface area contributed by atoms with E-state index >= 15 is 0 Å². The number of carbonyl (C=O) groups is 1. The Balaban J connectivity index is 1.86. The molecule has 0 bridgehead atoms. The number of amides is 1. The molecule has 0 aromatic heterocycles. The molecule has 0 unspecified atom stereocenters. The van der Waals surface area contributed by atoms with Crippen LogP contribution < -0.4 is 14.8 Å². The van der Waals surface area contributed by atoms with Gasteiger partial charge in [0.15, 0.2) is 11.5 Å². The lowest BCUT2D eigenvalue weighted by atomic mass is 9.83. The van der Waals surface area contributed by atoms with Gasteiger partial charge in [-0.2, -0.15) is 0 Å². The van der Waals surface area contributed by atoms with Crippen LogP contribution in [0.1, 0.15) is 30.5 Å². The Morgan fingerprint density at radius 2 is 1.78 bits per heavy atom. The Bertz CT molecular complexity index is 765. The van der Waals surface area contributed by atoms with Crippen molar-refractivity contribution >= 4 is 11.6 Å². The second kappa shape index (κ2) is 5.61. The molecule has 4 nitrogen and oxygen atoms in total. The number of carbonyl (C=O) groups excluding carboxylic acids is 1. The van der Waals surface area contributed by atoms with E-state index in [2.05, 4.69) is 5.32 Å². The van der Waals surface area contributed by atoms with Crippen LogP contribution in [0.25, 0.3) is 0 Å². The molecule has 0 radical (unpaired) electrons. The number of rotatable bonds is 3. The number of aryl methyl sites for hydroxylation is 2. The van der Waals surface area contributed by atoms with Crippen molar-refractivity contribution in [1.82, 2.24) is 0 Å². The minimum absolute atomic E-state index is 0.0509. The molecule has 0 saturated carbocycles. The molecular weight excluding hydrogens is 290 g/mol. The maximum absolute atomic E-state index is 12.8. The van der Waals surface area contributed by atoms with Crippen molar-refractivity contribution in [1.29, 1.82) is 0 Å². The highest BCUT2D eigenvalue weighted by atomic mass is 16.7. The van der Waals surface area contributed by atoms with Crippen molar-refractivity contribution in [3.05, 3.63) is 53.1 Å². The van der Waals surface area contributed by atoms with Crippen molar-refractivity contribution in [3.8, 4) is 11.5 Å². The van der Waals surface area contributed by atoms with E-state index in [9.17, 15) is 4.79 Å². The van der Waals surface area contributed by atoms with Crippen molar-refractivity contribution in [2.75, 3.05) is 12.1 Å². The highest BCUT2D eigenvalue weighted by molar-refractivity contribution is 5.99. The molecule has 2 aromatic rings. The van der Waals surface area contributed by atoms with E-state index in [1.54, 1.807) is 0 Å². The van der Waals surface area contributed by atoms with Crippen molar-refractivity contribution < 1.29 is 14.3 Å². The first-order chi connectivity index (χ1) is 10.9. The van der Waals surface area contributed by atoms with E-state index < -0.39 is 5.41 Å². The minimum Gasteiger partial charge on any atom is -0.454 e. The summed E-state index contributed by atoms with van der Waals surface area (Å²) in [6.45, 7) is 8.05. The third-order valence-electron chi connectivity index (χ3n) is 4.30. The highest BCUT2D eigenvalue weighted by Crippen LogP contribution is 2.37. The van der Waals surface area contributed by atoms with Crippen molar-refractivity contribution in [2.45, 2.75) is 33.1 Å². The number of ether oxygens (including phenoxy) is 2. The first-order valence-electron chi connectivity index (χ1n) is 7.67. The Morgan fingerprint density at radius 1 is 1.04 bits per heavy atom. The smallest absolute Gasteiger partial charge is 0.234 e. The third kappa shape index (κ3) is 2.89. The molecule has 0 aliphatic carbocycles. The molecule has 0 spiro atoms. The van der Waals surface area contributed by atoms with Gasteiger partial charge < -0.3 is 14.8 Å². The molecule has 1 aliphatic heterocycles. The summed E-state index contributed by atoms with van der Waals surface area (Å²) < 4.78 is 10.7. The van der Waals surface area contributed by atoms with Crippen LogP contribution in [-0.2, 0) is 10.2 Å². The zero-order valence-corrected chi connectivity index (χ0v) is 13.9. The van der Waals surface area contributed by atoms with Crippen molar-refractivity contribution in [3.63, 3.8) is 0 Å². The average molecular weight is 311 g/mol. The molecule has 1 aliphatic rings. The lowest BCUT2D eigenvalue weighted by molar-refractivity contribution is -0.120. The molecular formula is C19H21NO3. The fourth-order valence-corrected chi connectivity index (χ4v) is 2.57. The first kappa shape index (κ1) is 15.4. The number of hydrogen-bond donors (Lipinski definition) is 1. The SMILES string of the molecule is Cc1ccc(C)c(NC(=O)C(C)(C)c2ccc3c(c2)OCO3)c1. The maximum atomic E-state index is 12.8. The quantitative estimate of drug-likeness (QED) is 0.933. The topological polar surface area (TPSA) is 47.6 Å². The molecule has 1 N–H and O–H groups in total. The fourth-order valence-electron chi connectivity index (χ4n) is 2.57. The lowest BCUT2D eigenvalue weighted by Crippen LogP contribution is -2.34. The number of benzene rings is 2. The summed E-state index contributed by atoms with van der Waals surface area (Å²) in [6.07, 6.45) is 0. The predicted octanol–water partition coefficient (Wildman–Crippen LogP) is 3.95. The summed E-state index contributed by atoms with van der Waals surface area (Å²) in [4.78, 5) is 12.8. The van der Waals surface area contributed by atoms with Gasteiger partial charge in [-0.3, -0.25) is 4.79 Å². The van der Waals surface area contributed by atoms with Gasteiger partial charge in [0.2, 0.25) is 12.7 Å². The van der Waals surface area contributed by atoms with Gasteiger partial charge in [0.1, 0.15) is 0 Å². The van der Waals surface area contributed by atoms with E-state index in [1.165, 1.54) is 0 Å².